The lowest BCUT2D eigenvalue weighted by Crippen LogP contribution is -2.31. The zero-order chi connectivity index (χ0) is 23.1. The van der Waals surface area contributed by atoms with Crippen molar-refractivity contribution in [2.75, 3.05) is 5.32 Å². The topological polar surface area (TPSA) is 67.4 Å². The maximum Gasteiger partial charge on any atom is 0.573 e. The second-order valence-electron chi connectivity index (χ2n) is 6.79. The molecule has 32 heavy (non-hydrogen) atoms. The molecular weight excluding hydrogens is 421 g/mol. The van der Waals surface area contributed by atoms with Gasteiger partial charge in [0.25, 0.3) is 11.8 Å². The van der Waals surface area contributed by atoms with Gasteiger partial charge in [0, 0.05) is 5.56 Å². The maximum atomic E-state index is 12.9. The van der Waals surface area contributed by atoms with E-state index in [4.69, 9.17) is 0 Å². The van der Waals surface area contributed by atoms with Gasteiger partial charge in [-0.2, -0.15) is 0 Å². The summed E-state index contributed by atoms with van der Waals surface area (Å²) in [6.45, 7) is 1.90. The number of ether oxygens (including phenoxy) is 1. The summed E-state index contributed by atoms with van der Waals surface area (Å²) in [7, 11) is 0. The highest BCUT2D eigenvalue weighted by atomic mass is 19.4. The molecule has 0 saturated carbocycles. The summed E-state index contributed by atoms with van der Waals surface area (Å²) >= 11 is 0. The smallest absolute Gasteiger partial charge is 0.404 e. The molecule has 3 aromatic rings. The van der Waals surface area contributed by atoms with Crippen molar-refractivity contribution in [3.63, 3.8) is 0 Å². The summed E-state index contributed by atoms with van der Waals surface area (Å²) in [4.78, 5) is 25.5. The highest BCUT2D eigenvalue weighted by Gasteiger charge is 2.32. The Kier molecular flexibility index (Phi) is 6.94. The Hall–Kier alpha value is -4.07. The summed E-state index contributed by atoms with van der Waals surface area (Å²) < 4.78 is 42.1. The highest BCUT2D eigenvalue weighted by molar-refractivity contribution is 6.11. The minimum atomic E-state index is -4.93. The lowest BCUT2D eigenvalue weighted by molar-refractivity contribution is -0.274. The monoisotopic (exact) mass is 440 g/mol. The molecular formula is C24H19F3N2O3. The van der Waals surface area contributed by atoms with Crippen LogP contribution in [0.15, 0.2) is 84.6 Å². The number of hydrogen-bond acceptors (Lipinski definition) is 3. The van der Waals surface area contributed by atoms with E-state index >= 15 is 0 Å². The standard InChI is InChI=1S/C24H19F3N2O3/c1-16-11-13-17(14-12-16)15-20(29-22(30)18-7-3-2-4-8-18)23(31)28-19-9-5-6-10-21(19)32-24(25,26)27/h2-15H,1H3,(H,28,31)(H,29,30)/b20-15-. The van der Waals surface area contributed by atoms with Crippen molar-refractivity contribution < 1.29 is 27.5 Å². The minimum absolute atomic E-state index is 0.149. The Morgan fingerprint density at radius 2 is 1.50 bits per heavy atom. The molecule has 2 amide bonds. The molecule has 0 aliphatic rings. The van der Waals surface area contributed by atoms with Crippen molar-refractivity contribution >= 4 is 23.6 Å². The fourth-order valence-corrected chi connectivity index (χ4v) is 2.74. The number of carbonyl (C=O) groups excluding carboxylic acids is 2. The van der Waals surface area contributed by atoms with E-state index in [0.717, 1.165) is 11.6 Å². The Bertz CT molecular complexity index is 1130. The largest absolute Gasteiger partial charge is 0.573 e. The zero-order valence-electron chi connectivity index (χ0n) is 16.9. The molecule has 0 bridgehead atoms. The predicted molar refractivity (Wildman–Crippen MR) is 115 cm³/mol. The van der Waals surface area contributed by atoms with Gasteiger partial charge in [0.05, 0.1) is 5.69 Å². The second-order valence-corrected chi connectivity index (χ2v) is 6.79. The van der Waals surface area contributed by atoms with Crippen molar-refractivity contribution in [1.29, 1.82) is 0 Å². The highest BCUT2D eigenvalue weighted by Crippen LogP contribution is 2.30. The Labute approximate surface area is 182 Å². The lowest BCUT2D eigenvalue weighted by Gasteiger charge is -2.15. The third kappa shape index (κ3) is 6.46. The van der Waals surface area contributed by atoms with Gasteiger partial charge in [-0.25, -0.2) is 0 Å². The molecule has 0 fully saturated rings. The number of alkyl halides is 3. The molecule has 164 valence electrons. The first kappa shape index (κ1) is 22.6. The van der Waals surface area contributed by atoms with E-state index in [1.54, 1.807) is 42.5 Å². The summed E-state index contributed by atoms with van der Waals surface area (Å²) in [6, 6.07) is 20.5. The van der Waals surface area contributed by atoms with Gasteiger partial charge in [0.2, 0.25) is 0 Å². The zero-order valence-corrected chi connectivity index (χ0v) is 16.9. The summed E-state index contributed by atoms with van der Waals surface area (Å²) in [5.41, 5.74) is 1.59. The Balaban J connectivity index is 1.90. The van der Waals surface area contributed by atoms with E-state index in [0.29, 0.717) is 11.1 Å². The molecule has 3 rings (SSSR count). The lowest BCUT2D eigenvalue weighted by atomic mass is 10.1. The Morgan fingerprint density at radius 1 is 0.875 bits per heavy atom. The molecule has 3 aromatic carbocycles. The van der Waals surface area contributed by atoms with E-state index in [1.165, 1.54) is 24.3 Å². The van der Waals surface area contributed by atoms with Crippen molar-refractivity contribution in [3.05, 3.63) is 101 Å². The van der Waals surface area contributed by atoms with Crippen LogP contribution >= 0.6 is 0 Å². The van der Waals surface area contributed by atoms with Crippen molar-refractivity contribution in [3.8, 4) is 5.75 Å². The molecule has 0 aromatic heterocycles. The predicted octanol–water partition coefficient (Wildman–Crippen LogP) is 5.30. The number of hydrogen-bond donors (Lipinski definition) is 2. The van der Waals surface area contributed by atoms with Crippen LogP contribution in [-0.2, 0) is 4.79 Å². The molecule has 2 N–H and O–H groups in total. The molecule has 5 nitrogen and oxygen atoms in total. The fraction of sp³-hybridized carbons (Fsp3) is 0.0833. The van der Waals surface area contributed by atoms with E-state index in [1.807, 2.05) is 19.1 Å². The van der Waals surface area contributed by atoms with Gasteiger partial charge < -0.3 is 15.4 Å². The number of nitrogens with one attached hydrogen (secondary N) is 2. The van der Waals surface area contributed by atoms with Crippen molar-refractivity contribution in [2.24, 2.45) is 0 Å². The quantitative estimate of drug-likeness (QED) is 0.511. The first-order chi connectivity index (χ1) is 15.2. The minimum Gasteiger partial charge on any atom is -0.404 e. The molecule has 0 aliphatic heterocycles. The molecule has 0 aliphatic carbocycles. The second kappa shape index (κ2) is 9.82. The normalized spacial score (nSPS) is 11.6. The van der Waals surface area contributed by atoms with Gasteiger partial charge in [0.1, 0.15) is 5.70 Å². The number of rotatable bonds is 6. The molecule has 0 atom stereocenters. The number of anilines is 1. The number of para-hydroxylation sites is 2. The third-order valence-electron chi connectivity index (χ3n) is 4.28. The number of amides is 2. The van der Waals surface area contributed by atoms with Crippen LogP contribution in [0.1, 0.15) is 21.5 Å². The van der Waals surface area contributed by atoms with Crippen LogP contribution in [0, 0.1) is 6.92 Å². The third-order valence-corrected chi connectivity index (χ3v) is 4.28. The van der Waals surface area contributed by atoms with Crippen LogP contribution in [0.5, 0.6) is 5.75 Å². The number of halogens is 3. The number of benzene rings is 3. The van der Waals surface area contributed by atoms with E-state index in [2.05, 4.69) is 15.4 Å². The van der Waals surface area contributed by atoms with Crippen LogP contribution in [0.3, 0.4) is 0 Å². The number of carbonyl (C=O) groups is 2. The SMILES string of the molecule is Cc1ccc(/C=C(\NC(=O)c2ccccc2)C(=O)Nc2ccccc2OC(F)(F)F)cc1. The molecule has 0 saturated heterocycles. The van der Waals surface area contributed by atoms with Gasteiger partial charge in [-0.1, -0.05) is 60.2 Å². The molecule has 0 unspecified atom stereocenters. The first-order valence-corrected chi connectivity index (χ1v) is 9.52. The van der Waals surface area contributed by atoms with Gasteiger partial charge >= 0.3 is 6.36 Å². The Morgan fingerprint density at radius 3 is 2.16 bits per heavy atom. The van der Waals surface area contributed by atoms with Crippen molar-refractivity contribution in [2.45, 2.75) is 13.3 Å². The molecule has 0 heterocycles. The van der Waals surface area contributed by atoms with Gasteiger partial charge in [-0.05, 0) is 42.8 Å². The molecule has 0 spiro atoms. The van der Waals surface area contributed by atoms with Gasteiger partial charge in [0.15, 0.2) is 5.75 Å². The van der Waals surface area contributed by atoms with E-state index < -0.39 is 23.9 Å². The summed E-state index contributed by atoms with van der Waals surface area (Å²) in [5.74, 6) is -1.93. The van der Waals surface area contributed by atoms with E-state index in [9.17, 15) is 22.8 Å². The van der Waals surface area contributed by atoms with E-state index in [-0.39, 0.29) is 11.4 Å². The van der Waals surface area contributed by atoms with Crippen molar-refractivity contribution in [1.82, 2.24) is 5.32 Å². The fourth-order valence-electron chi connectivity index (χ4n) is 2.74. The van der Waals surface area contributed by atoms with Crippen LogP contribution in [0.2, 0.25) is 0 Å². The van der Waals surface area contributed by atoms with Crippen LogP contribution < -0.4 is 15.4 Å². The van der Waals surface area contributed by atoms with Crippen LogP contribution in [-0.4, -0.2) is 18.2 Å². The van der Waals surface area contributed by atoms with Crippen LogP contribution in [0.25, 0.3) is 6.08 Å². The van der Waals surface area contributed by atoms with Crippen LogP contribution in [0.4, 0.5) is 18.9 Å². The average molecular weight is 440 g/mol. The van der Waals surface area contributed by atoms with Gasteiger partial charge in [-0.15, -0.1) is 13.2 Å². The first-order valence-electron chi connectivity index (χ1n) is 9.52. The molecule has 8 heteroatoms. The summed E-state index contributed by atoms with van der Waals surface area (Å²) in [5, 5.41) is 4.91. The number of aryl methyl sites for hydroxylation is 1. The molecule has 0 radical (unpaired) electrons. The summed E-state index contributed by atoms with van der Waals surface area (Å²) in [6.07, 6.45) is -3.49. The average Bonchev–Trinajstić information content (AvgIpc) is 2.75. The maximum absolute atomic E-state index is 12.9. The van der Waals surface area contributed by atoms with Gasteiger partial charge in [-0.3, -0.25) is 9.59 Å².